The molecule has 19 heavy (non-hydrogen) atoms. The molecule has 0 radical (unpaired) electrons. The van der Waals surface area contributed by atoms with Crippen LogP contribution in [0.1, 0.15) is 0 Å². The quantitative estimate of drug-likeness (QED) is 0.495. The molecule has 1 aromatic carbocycles. The topological polar surface area (TPSA) is 79.2 Å². The van der Waals surface area contributed by atoms with Gasteiger partial charge in [0.25, 0.3) is 0 Å². The lowest BCUT2D eigenvalue weighted by molar-refractivity contribution is -0.132. The Morgan fingerprint density at radius 2 is 2.00 bits per heavy atom. The van der Waals surface area contributed by atoms with Gasteiger partial charge in [-0.2, -0.15) is 0 Å². The van der Waals surface area contributed by atoms with E-state index in [1.165, 1.54) is 0 Å². The predicted molar refractivity (Wildman–Crippen MR) is 63.9 cm³/mol. The first kappa shape index (κ1) is 14.5. The highest BCUT2D eigenvalue weighted by molar-refractivity contribution is 6.40. The fourth-order valence-corrected chi connectivity index (χ4v) is 1.10. The molecule has 100 valence electrons. The highest BCUT2D eigenvalue weighted by Crippen LogP contribution is 2.14. The van der Waals surface area contributed by atoms with Gasteiger partial charge in [-0.15, -0.1) is 0 Å². The molecule has 0 aliphatic carbocycles. The van der Waals surface area contributed by atoms with Crippen LogP contribution < -0.4 is 5.32 Å². The third-order valence-corrected chi connectivity index (χ3v) is 2.00. The smallest absolute Gasteiger partial charge is 0.355 e. The van der Waals surface area contributed by atoms with E-state index >= 15 is 0 Å². The summed E-state index contributed by atoms with van der Waals surface area (Å²) in [5.41, 5.74) is -0.738. The minimum Gasteiger partial charge on any atom is -0.464 e. The van der Waals surface area contributed by atoms with Gasteiger partial charge in [-0.3, -0.25) is 10.2 Å². The van der Waals surface area contributed by atoms with Crippen molar-refractivity contribution in [3.8, 4) is 0 Å². The van der Waals surface area contributed by atoms with Crippen LogP contribution in [-0.4, -0.2) is 24.7 Å². The molecule has 5 nitrogen and oxygen atoms in total. The van der Waals surface area contributed by atoms with E-state index in [4.69, 9.17) is 5.41 Å². The van der Waals surface area contributed by atoms with Crippen LogP contribution in [0.5, 0.6) is 0 Å². The van der Waals surface area contributed by atoms with Gasteiger partial charge in [0, 0.05) is 12.1 Å². The fourth-order valence-electron chi connectivity index (χ4n) is 1.10. The van der Waals surface area contributed by atoms with Crippen LogP contribution in [0.4, 0.5) is 14.5 Å². The van der Waals surface area contributed by atoms with E-state index in [0.717, 1.165) is 31.4 Å². The van der Waals surface area contributed by atoms with E-state index in [-0.39, 0.29) is 5.69 Å². The number of ether oxygens (including phenoxy) is 1. The molecular weight excluding hydrogens is 258 g/mol. The number of carbonyl (C=O) groups excluding carboxylic acids is 2. The number of hydrogen-bond donors (Lipinski definition) is 2. The second kappa shape index (κ2) is 6.39. The van der Waals surface area contributed by atoms with Gasteiger partial charge in [0.05, 0.1) is 12.8 Å². The molecule has 1 aromatic rings. The van der Waals surface area contributed by atoms with E-state index < -0.39 is 29.2 Å². The molecule has 0 saturated heterocycles. The minimum absolute atomic E-state index is 0.208. The van der Waals surface area contributed by atoms with Crippen LogP contribution in [0.25, 0.3) is 0 Å². The van der Waals surface area contributed by atoms with Crippen LogP contribution in [-0.2, 0) is 14.3 Å². The lowest BCUT2D eigenvalue weighted by Gasteiger charge is -2.03. The molecule has 0 aromatic heterocycles. The number of methoxy groups -OCH3 is 1. The summed E-state index contributed by atoms with van der Waals surface area (Å²) < 4.78 is 30.1. The first-order valence-corrected chi connectivity index (χ1v) is 5.05. The highest BCUT2D eigenvalue weighted by atomic mass is 19.1. The van der Waals surface area contributed by atoms with E-state index in [1.54, 1.807) is 0 Å². The van der Waals surface area contributed by atoms with Gasteiger partial charge in [0.2, 0.25) is 5.91 Å². The van der Waals surface area contributed by atoms with Crippen molar-refractivity contribution in [2.24, 2.45) is 0 Å². The van der Waals surface area contributed by atoms with Crippen molar-refractivity contribution < 1.29 is 23.1 Å². The van der Waals surface area contributed by atoms with Gasteiger partial charge in [-0.25, -0.2) is 13.6 Å². The Labute approximate surface area is 107 Å². The zero-order valence-electron chi connectivity index (χ0n) is 9.87. The first-order chi connectivity index (χ1) is 8.93. The molecule has 0 spiro atoms. The number of anilines is 1. The molecule has 0 bridgehead atoms. The zero-order valence-corrected chi connectivity index (χ0v) is 9.87. The number of amides is 1. The van der Waals surface area contributed by atoms with E-state index in [9.17, 15) is 18.4 Å². The van der Waals surface area contributed by atoms with Crippen molar-refractivity contribution in [3.63, 3.8) is 0 Å². The number of hydrogen-bond acceptors (Lipinski definition) is 4. The number of carbonyl (C=O) groups is 2. The molecule has 1 amide bonds. The largest absolute Gasteiger partial charge is 0.464 e. The lowest BCUT2D eigenvalue weighted by Crippen LogP contribution is -2.14. The van der Waals surface area contributed by atoms with Crippen LogP contribution >= 0.6 is 0 Å². The van der Waals surface area contributed by atoms with Crippen molar-refractivity contribution in [1.29, 1.82) is 5.41 Å². The average Bonchev–Trinajstić information content (AvgIpc) is 2.38. The van der Waals surface area contributed by atoms with Crippen molar-refractivity contribution in [3.05, 3.63) is 42.0 Å². The summed E-state index contributed by atoms with van der Waals surface area (Å²) >= 11 is 0. The summed E-state index contributed by atoms with van der Waals surface area (Å²) in [6, 6.07) is 2.66. The second-order valence-electron chi connectivity index (χ2n) is 3.35. The van der Waals surface area contributed by atoms with Crippen LogP contribution in [0.2, 0.25) is 0 Å². The maximum absolute atomic E-state index is 13.2. The summed E-state index contributed by atoms with van der Waals surface area (Å²) in [7, 11) is 1.10. The lowest BCUT2D eigenvalue weighted by atomic mass is 10.3. The Kier molecular flexibility index (Phi) is 4.87. The molecule has 2 N–H and O–H groups in total. The molecule has 0 atom stereocenters. The molecule has 0 unspecified atom stereocenters. The molecule has 0 fully saturated rings. The van der Waals surface area contributed by atoms with Crippen molar-refractivity contribution in [2.75, 3.05) is 12.4 Å². The Hall–Kier alpha value is -2.57. The number of halogens is 2. The summed E-state index contributed by atoms with van der Waals surface area (Å²) in [6.07, 6.45) is 1.77. The molecule has 7 heteroatoms. The monoisotopic (exact) mass is 268 g/mol. The van der Waals surface area contributed by atoms with Crippen molar-refractivity contribution >= 4 is 23.3 Å². The Bertz CT molecular complexity index is 556. The van der Waals surface area contributed by atoms with Gasteiger partial charge >= 0.3 is 5.97 Å². The van der Waals surface area contributed by atoms with E-state index in [0.29, 0.717) is 6.07 Å². The summed E-state index contributed by atoms with van der Waals surface area (Å²) in [5, 5.41) is 9.31. The van der Waals surface area contributed by atoms with Gasteiger partial charge in [0.1, 0.15) is 17.3 Å². The maximum Gasteiger partial charge on any atom is 0.355 e. The van der Waals surface area contributed by atoms with Crippen LogP contribution in [0.15, 0.2) is 30.4 Å². The maximum atomic E-state index is 13.2. The van der Waals surface area contributed by atoms with Gasteiger partial charge < -0.3 is 10.1 Å². The fraction of sp³-hybridized carbons (Fsp3) is 0.0833. The summed E-state index contributed by atoms with van der Waals surface area (Å²) in [4.78, 5) is 22.2. The van der Waals surface area contributed by atoms with Crippen molar-refractivity contribution in [1.82, 2.24) is 0 Å². The van der Waals surface area contributed by atoms with Gasteiger partial charge in [0.15, 0.2) is 0 Å². The molecule has 0 aliphatic rings. The Morgan fingerprint density at radius 3 is 2.58 bits per heavy atom. The van der Waals surface area contributed by atoms with Crippen molar-refractivity contribution in [2.45, 2.75) is 0 Å². The summed E-state index contributed by atoms with van der Waals surface area (Å²) in [6.45, 7) is 0. The number of benzene rings is 1. The highest BCUT2D eigenvalue weighted by Gasteiger charge is 2.08. The molecule has 1 rings (SSSR count). The third-order valence-electron chi connectivity index (χ3n) is 2.00. The van der Waals surface area contributed by atoms with Gasteiger partial charge in [-0.05, 0) is 18.2 Å². The number of rotatable bonds is 4. The standard InChI is InChI=1S/C12H10F2N2O3/c1-19-12(18)9(15)3-5-11(17)16-10-4-2-7(13)6-8(10)14/h2-6,15H,1H3,(H,16,17)/b5-3-,15-9?. The van der Waals surface area contributed by atoms with E-state index in [1.807, 2.05) is 0 Å². The molecular formula is C12H10F2N2O3. The normalized spacial score (nSPS) is 10.3. The number of esters is 1. The minimum atomic E-state index is -0.926. The first-order valence-electron chi connectivity index (χ1n) is 5.05. The predicted octanol–water partition coefficient (Wildman–Crippen LogP) is 1.65. The average molecular weight is 268 g/mol. The van der Waals surface area contributed by atoms with E-state index in [2.05, 4.69) is 10.1 Å². The van der Waals surface area contributed by atoms with Crippen LogP contribution in [0.3, 0.4) is 0 Å². The molecule has 0 aliphatic heterocycles. The van der Waals surface area contributed by atoms with Gasteiger partial charge in [-0.1, -0.05) is 0 Å². The Balaban J connectivity index is 2.68. The summed E-state index contributed by atoms with van der Waals surface area (Å²) in [5.74, 6) is -3.36. The second-order valence-corrected chi connectivity index (χ2v) is 3.35. The zero-order chi connectivity index (χ0) is 14.4. The Morgan fingerprint density at radius 1 is 1.32 bits per heavy atom. The van der Waals surface area contributed by atoms with Crippen LogP contribution in [0, 0.1) is 17.0 Å². The molecule has 0 heterocycles. The molecule has 0 saturated carbocycles. The SMILES string of the molecule is COC(=O)C(=N)/C=C\C(=O)Nc1ccc(F)cc1F. The third kappa shape index (κ3) is 4.30. The number of nitrogens with one attached hydrogen (secondary N) is 2.